The summed E-state index contributed by atoms with van der Waals surface area (Å²) in [6.07, 6.45) is 1.50. The summed E-state index contributed by atoms with van der Waals surface area (Å²) in [5.41, 5.74) is 4.37. The Balaban J connectivity index is 1.82. The predicted molar refractivity (Wildman–Crippen MR) is 119 cm³/mol. The molecule has 1 N–H and O–H groups in total. The third-order valence-electron chi connectivity index (χ3n) is 5.24. The molecule has 1 aromatic carbocycles. The molecule has 6 nitrogen and oxygen atoms in total. The topological polar surface area (TPSA) is 73.5 Å². The summed E-state index contributed by atoms with van der Waals surface area (Å²) < 4.78 is 12.8. The van der Waals surface area contributed by atoms with Crippen LogP contribution < -0.4 is 5.32 Å². The van der Waals surface area contributed by atoms with Crippen molar-refractivity contribution in [1.29, 1.82) is 0 Å². The quantitative estimate of drug-likeness (QED) is 0.526. The van der Waals surface area contributed by atoms with Crippen molar-refractivity contribution in [1.82, 2.24) is 9.88 Å². The van der Waals surface area contributed by atoms with Crippen LogP contribution in [0.4, 0.5) is 0 Å². The van der Waals surface area contributed by atoms with E-state index in [-0.39, 0.29) is 24.4 Å². The number of ether oxygens (including phenoxy) is 1. The maximum absolute atomic E-state index is 13.2. The number of nitrogens with one attached hydrogen (secondary N) is 1. The molecule has 0 aliphatic carbocycles. The smallest absolute Gasteiger partial charge is 0.308 e. The zero-order chi connectivity index (χ0) is 22.5. The highest BCUT2D eigenvalue weighted by Crippen LogP contribution is 2.22. The van der Waals surface area contributed by atoms with Crippen molar-refractivity contribution in [3.63, 3.8) is 0 Å². The number of hydrogen-bond donors (Lipinski definition) is 1. The molecule has 3 aromatic rings. The number of hydrogen-bond acceptors (Lipinski definition) is 4. The lowest BCUT2D eigenvalue weighted by molar-refractivity contribution is -0.147. The van der Waals surface area contributed by atoms with E-state index in [4.69, 9.17) is 9.15 Å². The fourth-order valence-corrected chi connectivity index (χ4v) is 3.60. The van der Waals surface area contributed by atoms with Crippen molar-refractivity contribution in [2.45, 2.75) is 59.7 Å². The van der Waals surface area contributed by atoms with Gasteiger partial charge in [0.05, 0.1) is 36.9 Å². The van der Waals surface area contributed by atoms with E-state index in [1.807, 2.05) is 81.7 Å². The van der Waals surface area contributed by atoms with Gasteiger partial charge in [0, 0.05) is 11.4 Å². The van der Waals surface area contributed by atoms with Crippen LogP contribution >= 0.6 is 0 Å². The van der Waals surface area contributed by atoms with Crippen LogP contribution in [-0.4, -0.2) is 22.5 Å². The van der Waals surface area contributed by atoms with Crippen LogP contribution in [0.15, 0.2) is 53.1 Å². The minimum absolute atomic E-state index is 0.0676. The van der Waals surface area contributed by atoms with Crippen molar-refractivity contribution in [2.75, 3.05) is 0 Å². The fraction of sp³-hybridized carbons (Fsp3) is 0.360. The molecular weight excluding hydrogens is 392 g/mol. The minimum atomic E-state index is -0.479. The van der Waals surface area contributed by atoms with E-state index in [1.165, 1.54) is 0 Å². The summed E-state index contributed by atoms with van der Waals surface area (Å²) >= 11 is 0. The lowest BCUT2D eigenvalue weighted by atomic mass is 10.0. The summed E-state index contributed by atoms with van der Waals surface area (Å²) in [4.78, 5) is 25.5. The highest BCUT2D eigenvalue weighted by Gasteiger charge is 2.23. The van der Waals surface area contributed by atoms with Gasteiger partial charge in [0.25, 0.3) is 5.91 Å². The van der Waals surface area contributed by atoms with Crippen molar-refractivity contribution >= 4 is 11.9 Å². The molecule has 0 bridgehead atoms. The van der Waals surface area contributed by atoms with Gasteiger partial charge in [-0.15, -0.1) is 0 Å². The average molecular weight is 423 g/mol. The number of aromatic nitrogens is 1. The normalized spacial score (nSPS) is 12.1. The number of furan rings is 1. The summed E-state index contributed by atoms with van der Waals surface area (Å²) in [6, 6.07) is 13.0. The Bertz CT molecular complexity index is 1030. The molecule has 0 fully saturated rings. The second-order valence-corrected chi connectivity index (χ2v) is 8.13. The Labute approximate surface area is 183 Å². The highest BCUT2D eigenvalue weighted by atomic mass is 16.5. The van der Waals surface area contributed by atoms with Gasteiger partial charge in [-0.3, -0.25) is 9.59 Å². The van der Waals surface area contributed by atoms with Gasteiger partial charge in [0.2, 0.25) is 0 Å². The van der Waals surface area contributed by atoms with E-state index in [0.717, 1.165) is 28.3 Å². The number of aryl methyl sites for hydroxylation is 2. The molecular formula is C25H30N2O4. The largest absolute Gasteiger partial charge is 0.467 e. The van der Waals surface area contributed by atoms with E-state index in [2.05, 4.69) is 5.32 Å². The third kappa shape index (κ3) is 5.66. The van der Waals surface area contributed by atoms with Gasteiger partial charge in [0.15, 0.2) is 0 Å². The molecule has 0 saturated heterocycles. The van der Waals surface area contributed by atoms with Gasteiger partial charge in [-0.05, 0) is 58.4 Å². The Kier molecular flexibility index (Phi) is 7.00. The molecule has 1 amide bonds. The molecule has 3 rings (SSSR count). The summed E-state index contributed by atoms with van der Waals surface area (Å²) in [6.45, 7) is 10.1. The standard InChI is InChI=1S/C25H30N2O4/c1-16(2)31-24(28)14-23(20-10-8-17(3)9-11-20)26-25(29)22-13-18(4)27(19(22)5)15-21-7-6-12-30-21/h6-13,16,23H,14-15H2,1-5H3,(H,26,29). The molecule has 1 atom stereocenters. The number of amides is 1. The molecule has 0 radical (unpaired) electrons. The molecule has 1 unspecified atom stereocenters. The summed E-state index contributed by atoms with van der Waals surface area (Å²) in [5, 5.41) is 3.04. The second kappa shape index (κ2) is 9.69. The zero-order valence-corrected chi connectivity index (χ0v) is 18.8. The Morgan fingerprint density at radius 2 is 1.81 bits per heavy atom. The highest BCUT2D eigenvalue weighted by molar-refractivity contribution is 5.96. The second-order valence-electron chi connectivity index (χ2n) is 8.13. The first-order chi connectivity index (χ1) is 14.7. The van der Waals surface area contributed by atoms with Crippen molar-refractivity contribution < 1.29 is 18.7 Å². The number of rotatable bonds is 8. The van der Waals surface area contributed by atoms with Gasteiger partial charge in [-0.1, -0.05) is 29.8 Å². The fourth-order valence-electron chi connectivity index (χ4n) is 3.60. The summed E-state index contributed by atoms with van der Waals surface area (Å²) in [7, 11) is 0. The molecule has 0 saturated carbocycles. The first-order valence-electron chi connectivity index (χ1n) is 10.5. The van der Waals surface area contributed by atoms with Gasteiger partial charge < -0.3 is 19.0 Å². The maximum atomic E-state index is 13.2. The van der Waals surface area contributed by atoms with Crippen LogP contribution in [-0.2, 0) is 16.1 Å². The van der Waals surface area contributed by atoms with Crippen LogP contribution in [0.1, 0.15) is 64.9 Å². The predicted octanol–water partition coefficient (Wildman–Crippen LogP) is 4.87. The molecule has 0 aliphatic heterocycles. The van der Waals surface area contributed by atoms with E-state index >= 15 is 0 Å². The first-order valence-corrected chi connectivity index (χ1v) is 10.5. The van der Waals surface area contributed by atoms with Crippen LogP contribution in [0.25, 0.3) is 0 Å². The van der Waals surface area contributed by atoms with Gasteiger partial charge in [-0.25, -0.2) is 0 Å². The monoisotopic (exact) mass is 422 g/mol. The van der Waals surface area contributed by atoms with Crippen molar-refractivity contribution in [3.05, 3.63) is 82.6 Å². The van der Waals surface area contributed by atoms with Crippen LogP contribution in [0.2, 0.25) is 0 Å². The van der Waals surface area contributed by atoms with E-state index in [9.17, 15) is 9.59 Å². The maximum Gasteiger partial charge on any atom is 0.308 e. The van der Waals surface area contributed by atoms with Gasteiger partial charge in [0.1, 0.15) is 5.76 Å². The third-order valence-corrected chi connectivity index (χ3v) is 5.24. The number of carbonyl (C=O) groups is 2. The average Bonchev–Trinajstić information content (AvgIpc) is 3.31. The molecule has 2 heterocycles. The van der Waals surface area contributed by atoms with Gasteiger partial charge >= 0.3 is 5.97 Å². The van der Waals surface area contributed by atoms with Crippen LogP contribution in [0.3, 0.4) is 0 Å². The Morgan fingerprint density at radius 3 is 2.42 bits per heavy atom. The van der Waals surface area contributed by atoms with E-state index < -0.39 is 6.04 Å². The van der Waals surface area contributed by atoms with E-state index in [0.29, 0.717) is 12.1 Å². The number of benzene rings is 1. The Morgan fingerprint density at radius 1 is 1.10 bits per heavy atom. The molecule has 0 spiro atoms. The van der Waals surface area contributed by atoms with Crippen LogP contribution in [0.5, 0.6) is 0 Å². The SMILES string of the molecule is Cc1ccc(C(CC(=O)OC(C)C)NC(=O)c2cc(C)n(Cc3ccco3)c2C)cc1. The van der Waals surface area contributed by atoms with Gasteiger partial charge in [-0.2, -0.15) is 0 Å². The lowest BCUT2D eigenvalue weighted by Gasteiger charge is -2.20. The number of esters is 1. The van der Waals surface area contributed by atoms with Crippen molar-refractivity contribution in [2.24, 2.45) is 0 Å². The minimum Gasteiger partial charge on any atom is -0.467 e. The zero-order valence-electron chi connectivity index (χ0n) is 18.8. The van der Waals surface area contributed by atoms with E-state index in [1.54, 1.807) is 6.26 Å². The van der Waals surface area contributed by atoms with Crippen molar-refractivity contribution in [3.8, 4) is 0 Å². The Hall–Kier alpha value is -3.28. The number of carbonyl (C=O) groups excluding carboxylic acids is 2. The molecule has 0 aliphatic rings. The van der Waals surface area contributed by atoms with Crippen LogP contribution in [0, 0.1) is 20.8 Å². The molecule has 31 heavy (non-hydrogen) atoms. The molecule has 164 valence electrons. The summed E-state index contributed by atoms with van der Waals surface area (Å²) in [5.74, 6) is 0.258. The molecule has 6 heteroatoms. The lowest BCUT2D eigenvalue weighted by Crippen LogP contribution is -2.31. The molecule has 2 aromatic heterocycles. The number of nitrogens with zero attached hydrogens (tertiary/aromatic N) is 1. The first kappa shape index (κ1) is 22.4.